The number of aryl methyl sites for hydroxylation is 1. The van der Waals surface area contributed by atoms with E-state index in [-0.39, 0.29) is 0 Å². The van der Waals surface area contributed by atoms with Gasteiger partial charge in [0.15, 0.2) is 11.1 Å². The van der Waals surface area contributed by atoms with Gasteiger partial charge in [-0.1, -0.05) is 12.1 Å². The van der Waals surface area contributed by atoms with Crippen molar-refractivity contribution in [2.24, 2.45) is 0 Å². The molecule has 82 valence electrons. The van der Waals surface area contributed by atoms with Crippen molar-refractivity contribution < 1.29 is 8.76 Å². The normalized spacial score (nSPS) is 12.4. The lowest BCUT2D eigenvalue weighted by Gasteiger charge is -2.05. The third-order valence-corrected chi connectivity index (χ3v) is 3.06. The Morgan fingerprint density at radius 3 is 2.44 bits per heavy atom. The average Bonchev–Trinajstić information content (AvgIpc) is 2.30. The maximum Gasteiger partial charge on any atom is 0.186 e. The molecule has 0 aliphatic heterocycles. The molecule has 2 rings (SSSR count). The van der Waals surface area contributed by atoms with Crippen molar-refractivity contribution in [2.45, 2.75) is 11.8 Å². The standard InChI is InChI=1S/C12H11NO2S/c1-9-8-13-7-6-12(9)10-2-4-11(5-3-10)16(14)15/h2-8H,1H3,(H,14,15). The number of pyridine rings is 1. The minimum absolute atomic E-state index is 0.412. The topological polar surface area (TPSA) is 50.2 Å². The molecule has 0 aliphatic rings. The maximum absolute atomic E-state index is 10.8. The third-order valence-electron chi connectivity index (χ3n) is 2.39. The minimum Gasteiger partial charge on any atom is -0.302 e. The van der Waals surface area contributed by atoms with Gasteiger partial charge in [-0.3, -0.25) is 4.98 Å². The molecule has 1 aromatic carbocycles. The van der Waals surface area contributed by atoms with Crippen LogP contribution in [0.4, 0.5) is 0 Å². The van der Waals surface area contributed by atoms with Gasteiger partial charge in [-0.05, 0) is 41.8 Å². The molecule has 1 N–H and O–H groups in total. The highest BCUT2D eigenvalue weighted by Gasteiger charge is 2.03. The smallest absolute Gasteiger partial charge is 0.186 e. The number of hydrogen-bond donors (Lipinski definition) is 1. The van der Waals surface area contributed by atoms with Gasteiger partial charge in [-0.2, -0.15) is 0 Å². The van der Waals surface area contributed by atoms with E-state index in [0.717, 1.165) is 16.7 Å². The summed E-state index contributed by atoms with van der Waals surface area (Å²) in [7, 11) is 0. The molecular formula is C12H11NO2S. The zero-order valence-electron chi connectivity index (χ0n) is 8.75. The van der Waals surface area contributed by atoms with Crippen LogP contribution >= 0.6 is 0 Å². The first-order valence-corrected chi connectivity index (χ1v) is 5.91. The summed E-state index contributed by atoms with van der Waals surface area (Å²) in [5.41, 5.74) is 3.19. The molecular weight excluding hydrogens is 222 g/mol. The van der Waals surface area contributed by atoms with E-state index in [1.54, 1.807) is 24.5 Å². The molecule has 3 nitrogen and oxygen atoms in total. The second kappa shape index (κ2) is 4.55. The van der Waals surface area contributed by atoms with Crippen molar-refractivity contribution in [3.8, 4) is 11.1 Å². The second-order valence-electron chi connectivity index (χ2n) is 3.46. The molecule has 1 heterocycles. The molecule has 1 unspecified atom stereocenters. The van der Waals surface area contributed by atoms with Gasteiger partial charge >= 0.3 is 0 Å². The van der Waals surface area contributed by atoms with Crippen LogP contribution in [-0.2, 0) is 11.1 Å². The van der Waals surface area contributed by atoms with Crippen LogP contribution in [-0.4, -0.2) is 13.7 Å². The highest BCUT2D eigenvalue weighted by molar-refractivity contribution is 7.79. The fourth-order valence-electron chi connectivity index (χ4n) is 1.55. The molecule has 16 heavy (non-hydrogen) atoms. The highest BCUT2D eigenvalue weighted by atomic mass is 32.2. The van der Waals surface area contributed by atoms with E-state index in [2.05, 4.69) is 4.98 Å². The fraction of sp³-hybridized carbons (Fsp3) is 0.0833. The minimum atomic E-state index is -1.91. The van der Waals surface area contributed by atoms with Crippen LogP contribution in [0.25, 0.3) is 11.1 Å². The van der Waals surface area contributed by atoms with Gasteiger partial charge in [0.05, 0.1) is 4.90 Å². The summed E-state index contributed by atoms with van der Waals surface area (Å²) in [6.07, 6.45) is 3.54. The predicted octanol–water partition coefficient (Wildman–Crippen LogP) is 2.64. The highest BCUT2D eigenvalue weighted by Crippen LogP contribution is 2.23. The van der Waals surface area contributed by atoms with Gasteiger partial charge in [-0.15, -0.1) is 0 Å². The van der Waals surface area contributed by atoms with E-state index in [0.29, 0.717) is 4.90 Å². The Balaban J connectivity index is 2.43. The van der Waals surface area contributed by atoms with Crippen LogP contribution in [0.1, 0.15) is 5.56 Å². The van der Waals surface area contributed by atoms with E-state index in [9.17, 15) is 4.21 Å². The van der Waals surface area contributed by atoms with Crippen molar-refractivity contribution in [1.82, 2.24) is 4.98 Å². The first-order valence-electron chi connectivity index (χ1n) is 4.80. The lowest BCUT2D eigenvalue weighted by Crippen LogP contribution is -1.89. The summed E-state index contributed by atoms with van der Waals surface area (Å²) in [5, 5.41) is 0. The molecule has 0 saturated carbocycles. The number of nitrogens with zero attached hydrogens (tertiary/aromatic N) is 1. The van der Waals surface area contributed by atoms with E-state index in [4.69, 9.17) is 4.55 Å². The van der Waals surface area contributed by atoms with Gasteiger partial charge < -0.3 is 4.55 Å². The van der Waals surface area contributed by atoms with Crippen molar-refractivity contribution in [1.29, 1.82) is 0 Å². The van der Waals surface area contributed by atoms with Crippen LogP contribution in [0.3, 0.4) is 0 Å². The van der Waals surface area contributed by atoms with E-state index < -0.39 is 11.1 Å². The van der Waals surface area contributed by atoms with Crippen LogP contribution in [0, 0.1) is 6.92 Å². The predicted molar refractivity (Wildman–Crippen MR) is 63.4 cm³/mol. The lowest BCUT2D eigenvalue weighted by atomic mass is 10.0. The number of benzene rings is 1. The van der Waals surface area contributed by atoms with E-state index in [1.807, 2.05) is 25.1 Å². The summed E-state index contributed by atoms with van der Waals surface area (Å²) in [6.45, 7) is 1.99. The molecule has 0 aliphatic carbocycles. The monoisotopic (exact) mass is 233 g/mol. The van der Waals surface area contributed by atoms with Gasteiger partial charge in [-0.25, -0.2) is 4.21 Å². The van der Waals surface area contributed by atoms with Gasteiger partial charge in [0, 0.05) is 12.4 Å². The van der Waals surface area contributed by atoms with Crippen molar-refractivity contribution in [2.75, 3.05) is 0 Å². The van der Waals surface area contributed by atoms with Gasteiger partial charge in [0.1, 0.15) is 0 Å². The summed E-state index contributed by atoms with van der Waals surface area (Å²) < 4.78 is 19.7. The molecule has 0 spiro atoms. The van der Waals surface area contributed by atoms with Crippen molar-refractivity contribution >= 4 is 11.1 Å². The summed E-state index contributed by atoms with van der Waals surface area (Å²) in [5.74, 6) is 0. The Bertz CT molecular complexity index is 523. The largest absolute Gasteiger partial charge is 0.302 e. The third kappa shape index (κ3) is 2.18. The Morgan fingerprint density at radius 1 is 1.19 bits per heavy atom. The lowest BCUT2D eigenvalue weighted by molar-refractivity contribution is 0.564. The van der Waals surface area contributed by atoms with Crippen LogP contribution < -0.4 is 0 Å². The molecule has 0 fully saturated rings. The SMILES string of the molecule is Cc1cnccc1-c1ccc(S(=O)O)cc1. The quantitative estimate of drug-likeness (QED) is 0.811. The van der Waals surface area contributed by atoms with Gasteiger partial charge in [0.2, 0.25) is 0 Å². The van der Waals surface area contributed by atoms with Crippen LogP contribution in [0.15, 0.2) is 47.6 Å². The molecule has 1 atom stereocenters. The molecule has 0 saturated heterocycles. The molecule has 4 heteroatoms. The summed E-state index contributed by atoms with van der Waals surface area (Å²) in [4.78, 5) is 4.44. The average molecular weight is 233 g/mol. The van der Waals surface area contributed by atoms with Crippen LogP contribution in [0.5, 0.6) is 0 Å². The Labute approximate surface area is 96.5 Å². The Morgan fingerprint density at radius 2 is 1.88 bits per heavy atom. The number of aromatic nitrogens is 1. The molecule has 2 aromatic rings. The van der Waals surface area contributed by atoms with Crippen molar-refractivity contribution in [3.63, 3.8) is 0 Å². The number of hydrogen-bond acceptors (Lipinski definition) is 2. The Hall–Kier alpha value is -1.52. The second-order valence-corrected chi connectivity index (χ2v) is 4.43. The number of rotatable bonds is 2. The van der Waals surface area contributed by atoms with E-state index >= 15 is 0 Å². The first-order chi connectivity index (χ1) is 7.68. The Kier molecular flexibility index (Phi) is 3.12. The van der Waals surface area contributed by atoms with Crippen LogP contribution in [0.2, 0.25) is 0 Å². The first kappa shape index (κ1) is 11.0. The molecule has 0 amide bonds. The molecule has 0 bridgehead atoms. The van der Waals surface area contributed by atoms with E-state index in [1.165, 1.54) is 0 Å². The van der Waals surface area contributed by atoms with Gasteiger partial charge in [0.25, 0.3) is 0 Å². The summed E-state index contributed by atoms with van der Waals surface area (Å²) >= 11 is -1.91. The molecule has 0 radical (unpaired) electrons. The fourth-order valence-corrected chi connectivity index (χ4v) is 1.92. The zero-order chi connectivity index (χ0) is 11.5. The zero-order valence-corrected chi connectivity index (χ0v) is 9.57. The summed E-state index contributed by atoms with van der Waals surface area (Å²) in [6, 6.07) is 8.93. The molecule has 1 aromatic heterocycles. The maximum atomic E-state index is 10.8. The van der Waals surface area contributed by atoms with Crippen molar-refractivity contribution in [3.05, 3.63) is 48.3 Å².